The molecule has 1 aliphatic carbocycles. The number of thiophene rings is 1. The molecule has 0 aromatic carbocycles. The van der Waals surface area contributed by atoms with Crippen LogP contribution in [0.5, 0.6) is 0 Å². The summed E-state index contributed by atoms with van der Waals surface area (Å²) in [5, 5.41) is 7.69. The number of hydrogen-bond acceptors (Lipinski definition) is 7. The fourth-order valence-corrected chi connectivity index (χ4v) is 4.10. The van der Waals surface area contributed by atoms with Crippen LogP contribution in [0.25, 0.3) is 0 Å². The van der Waals surface area contributed by atoms with Gasteiger partial charge in [0.1, 0.15) is 5.54 Å². The van der Waals surface area contributed by atoms with Gasteiger partial charge in [-0.1, -0.05) is 13.0 Å². The van der Waals surface area contributed by atoms with Gasteiger partial charge in [0.15, 0.2) is 6.61 Å². The smallest absolute Gasteiger partial charge is 0.344 e. The molecule has 30 heavy (non-hydrogen) atoms. The topological polar surface area (TPSA) is 134 Å². The number of carbonyl (C=O) groups excluding carboxylic acids is 5. The summed E-state index contributed by atoms with van der Waals surface area (Å²) in [6, 6.07) is 2.72. The van der Waals surface area contributed by atoms with Gasteiger partial charge in [-0.25, -0.2) is 4.79 Å². The summed E-state index contributed by atoms with van der Waals surface area (Å²) in [7, 11) is 0. The Labute approximate surface area is 177 Å². The van der Waals surface area contributed by atoms with Crippen molar-refractivity contribution in [1.82, 2.24) is 21.1 Å². The zero-order chi connectivity index (χ0) is 21.7. The largest absolute Gasteiger partial charge is 0.455 e. The fourth-order valence-electron chi connectivity index (χ4n) is 3.46. The van der Waals surface area contributed by atoms with Crippen LogP contribution in [0.2, 0.25) is 0 Å². The molecule has 162 valence electrons. The number of imide groups is 1. The summed E-state index contributed by atoms with van der Waals surface area (Å²) in [4.78, 5) is 60.9. The van der Waals surface area contributed by atoms with Crippen molar-refractivity contribution in [3.63, 3.8) is 0 Å². The summed E-state index contributed by atoms with van der Waals surface area (Å²) in [6.07, 6.45) is 2.56. The average Bonchev–Trinajstić information content (AvgIpc) is 3.33. The molecule has 0 unspecified atom stereocenters. The quantitative estimate of drug-likeness (QED) is 0.430. The summed E-state index contributed by atoms with van der Waals surface area (Å²) in [5.74, 6) is -1.78. The first-order valence-corrected chi connectivity index (χ1v) is 10.6. The molecule has 1 aromatic heterocycles. The highest BCUT2D eigenvalue weighted by Crippen LogP contribution is 2.35. The molecule has 10 nitrogen and oxygen atoms in total. The summed E-state index contributed by atoms with van der Waals surface area (Å²) >= 11 is 1.28. The average molecular weight is 436 g/mol. The van der Waals surface area contributed by atoms with Gasteiger partial charge in [-0.3, -0.25) is 24.6 Å². The van der Waals surface area contributed by atoms with Crippen molar-refractivity contribution in [3.8, 4) is 0 Å². The minimum atomic E-state index is -0.964. The number of carbonyl (C=O) groups is 5. The molecular formula is C19H24N4O6S. The number of esters is 1. The first-order chi connectivity index (χ1) is 14.3. The molecule has 2 heterocycles. The second-order valence-electron chi connectivity index (χ2n) is 7.51. The summed E-state index contributed by atoms with van der Waals surface area (Å²) < 4.78 is 4.84. The van der Waals surface area contributed by atoms with E-state index in [9.17, 15) is 24.0 Å². The molecule has 2 fully saturated rings. The highest BCUT2D eigenvalue weighted by atomic mass is 32.1. The van der Waals surface area contributed by atoms with E-state index in [0.717, 1.165) is 12.8 Å². The van der Waals surface area contributed by atoms with Crippen molar-refractivity contribution in [2.45, 2.75) is 44.6 Å². The SMILES string of the molecule is CC1CCC2(CC1)NC(=O)N(NC(=O)COC(=O)CCNC(=O)c1cccs1)C2=O. The van der Waals surface area contributed by atoms with E-state index < -0.39 is 36.0 Å². The molecule has 1 saturated heterocycles. The zero-order valence-electron chi connectivity index (χ0n) is 16.6. The van der Waals surface area contributed by atoms with Crippen LogP contribution in [0.3, 0.4) is 0 Å². The third kappa shape index (κ3) is 4.96. The molecule has 5 amide bonds. The molecular weight excluding hydrogens is 412 g/mol. The second kappa shape index (κ2) is 9.24. The molecule has 3 rings (SSSR count). The van der Waals surface area contributed by atoms with Gasteiger partial charge in [0.2, 0.25) is 0 Å². The Morgan fingerprint density at radius 3 is 2.70 bits per heavy atom. The minimum absolute atomic E-state index is 0.0607. The maximum absolute atomic E-state index is 12.7. The highest BCUT2D eigenvalue weighted by Gasteiger charge is 2.52. The van der Waals surface area contributed by atoms with Gasteiger partial charge in [-0.05, 0) is 43.0 Å². The van der Waals surface area contributed by atoms with E-state index in [2.05, 4.69) is 23.0 Å². The molecule has 11 heteroatoms. The Morgan fingerprint density at radius 1 is 1.30 bits per heavy atom. The van der Waals surface area contributed by atoms with E-state index in [-0.39, 0.29) is 18.9 Å². The van der Waals surface area contributed by atoms with E-state index in [1.165, 1.54) is 11.3 Å². The van der Waals surface area contributed by atoms with Crippen LogP contribution in [0.1, 0.15) is 48.7 Å². The van der Waals surface area contributed by atoms with Crippen molar-refractivity contribution >= 4 is 41.1 Å². The predicted molar refractivity (Wildman–Crippen MR) is 106 cm³/mol. The molecule has 1 saturated carbocycles. The van der Waals surface area contributed by atoms with E-state index >= 15 is 0 Å². The van der Waals surface area contributed by atoms with Crippen molar-refractivity contribution in [2.75, 3.05) is 13.2 Å². The van der Waals surface area contributed by atoms with Crippen LogP contribution < -0.4 is 16.1 Å². The molecule has 3 N–H and O–H groups in total. The first-order valence-electron chi connectivity index (χ1n) is 9.74. The molecule has 0 bridgehead atoms. The lowest BCUT2D eigenvalue weighted by Gasteiger charge is -2.33. The molecule has 0 radical (unpaired) electrons. The minimum Gasteiger partial charge on any atom is -0.455 e. The molecule has 1 spiro atoms. The Hall–Kier alpha value is -2.95. The van der Waals surface area contributed by atoms with Gasteiger partial charge in [0.05, 0.1) is 11.3 Å². The zero-order valence-corrected chi connectivity index (χ0v) is 17.4. The lowest BCUT2D eigenvalue weighted by Crippen LogP contribution is -2.52. The molecule has 0 atom stereocenters. The Morgan fingerprint density at radius 2 is 2.03 bits per heavy atom. The maximum atomic E-state index is 12.7. The molecule has 1 aliphatic heterocycles. The fraction of sp³-hybridized carbons (Fsp3) is 0.526. The maximum Gasteiger partial charge on any atom is 0.344 e. The van der Waals surface area contributed by atoms with Crippen LogP contribution in [0.4, 0.5) is 4.79 Å². The number of hydrazine groups is 1. The number of hydrogen-bond donors (Lipinski definition) is 3. The van der Waals surface area contributed by atoms with Crippen LogP contribution in [-0.4, -0.2) is 53.4 Å². The lowest BCUT2D eigenvalue weighted by atomic mass is 9.77. The number of nitrogens with zero attached hydrogens (tertiary/aromatic N) is 1. The Kier molecular flexibility index (Phi) is 6.70. The number of rotatable bonds is 7. The highest BCUT2D eigenvalue weighted by molar-refractivity contribution is 7.12. The van der Waals surface area contributed by atoms with Crippen LogP contribution in [0.15, 0.2) is 17.5 Å². The van der Waals surface area contributed by atoms with Crippen molar-refractivity contribution in [3.05, 3.63) is 22.4 Å². The standard InChI is InChI=1S/C19H24N4O6S/c1-12-4-7-19(8-5-12)17(27)23(18(28)21-19)22-14(24)11-29-15(25)6-9-20-16(26)13-3-2-10-30-13/h2-3,10,12H,4-9,11H2,1H3,(H,20,26)(H,21,28)(H,22,24). The number of urea groups is 1. The number of nitrogens with one attached hydrogen (secondary N) is 3. The number of amides is 5. The monoisotopic (exact) mass is 436 g/mol. The van der Waals surface area contributed by atoms with Gasteiger partial charge in [0, 0.05) is 6.54 Å². The Bertz CT molecular complexity index is 832. The lowest BCUT2D eigenvalue weighted by molar-refractivity contribution is -0.150. The molecule has 1 aromatic rings. The number of ether oxygens (including phenoxy) is 1. The summed E-state index contributed by atoms with van der Waals surface area (Å²) in [6.45, 7) is 1.51. The summed E-state index contributed by atoms with van der Waals surface area (Å²) in [5.41, 5.74) is 1.23. The Balaban J connectivity index is 1.39. The van der Waals surface area contributed by atoms with Crippen molar-refractivity contribution < 1.29 is 28.7 Å². The van der Waals surface area contributed by atoms with Crippen LogP contribution >= 0.6 is 11.3 Å². The second-order valence-corrected chi connectivity index (χ2v) is 8.46. The molecule has 2 aliphatic rings. The van der Waals surface area contributed by atoms with Gasteiger partial charge in [0.25, 0.3) is 17.7 Å². The van der Waals surface area contributed by atoms with Gasteiger partial charge < -0.3 is 15.4 Å². The van der Waals surface area contributed by atoms with Gasteiger partial charge in [-0.15, -0.1) is 11.3 Å². The van der Waals surface area contributed by atoms with Crippen molar-refractivity contribution in [2.24, 2.45) is 5.92 Å². The van der Waals surface area contributed by atoms with Gasteiger partial charge in [-0.2, -0.15) is 5.01 Å². The van der Waals surface area contributed by atoms with Crippen LogP contribution in [0, 0.1) is 5.92 Å². The van der Waals surface area contributed by atoms with Crippen molar-refractivity contribution in [1.29, 1.82) is 0 Å². The van der Waals surface area contributed by atoms with Gasteiger partial charge >= 0.3 is 12.0 Å². The van der Waals surface area contributed by atoms with Crippen LogP contribution in [-0.2, 0) is 19.1 Å². The first kappa shape index (κ1) is 21.8. The normalized spacial score (nSPS) is 23.2. The third-order valence-corrected chi connectivity index (χ3v) is 6.12. The third-order valence-electron chi connectivity index (χ3n) is 5.25. The van der Waals surface area contributed by atoms with E-state index in [0.29, 0.717) is 28.6 Å². The van der Waals surface area contributed by atoms with E-state index in [1.54, 1.807) is 17.5 Å². The van der Waals surface area contributed by atoms with E-state index in [1.807, 2.05) is 0 Å². The predicted octanol–water partition coefficient (Wildman–Crippen LogP) is 0.943. The van der Waals surface area contributed by atoms with E-state index in [4.69, 9.17) is 4.74 Å².